The maximum Gasteiger partial charge on any atom is 0.416 e. The molecule has 0 fully saturated rings. The molecule has 1 aliphatic rings. The topological polar surface area (TPSA) is 27.0 Å². The second-order valence-electron chi connectivity index (χ2n) is 8.16. The van der Waals surface area contributed by atoms with Crippen molar-refractivity contribution in [2.24, 2.45) is 0 Å². The molecule has 0 aliphatic carbocycles. The van der Waals surface area contributed by atoms with E-state index in [1.54, 1.807) is 6.07 Å². The van der Waals surface area contributed by atoms with Gasteiger partial charge in [-0.25, -0.2) is 4.39 Å². The molecule has 1 unspecified atom stereocenters. The summed E-state index contributed by atoms with van der Waals surface area (Å²) in [4.78, 5) is 2.04. The molecule has 2 aromatic rings. The van der Waals surface area contributed by atoms with Crippen molar-refractivity contribution >= 4 is 17.3 Å². The molecule has 0 aromatic heterocycles. The van der Waals surface area contributed by atoms with Crippen LogP contribution in [0.3, 0.4) is 0 Å². The first kappa shape index (κ1) is 20.9. The van der Waals surface area contributed by atoms with Gasteiger partial charge in [-0.3, -0.25) is 0 Å². The van der Waals surface area contributed by atoms with Crippen LogP contribution in [0.15, 0.2) is 36.4 Å². The van der Waals surface area contributed by atoms with Crippen molar-refractivity contribution in [2.75, 3.05) is 11.9 Å². The van der Waals surface area contributed by atoms with Gasteiger partial charge in [0.15, 0.2) is 0 Å². The van der Waals surface area contributed by atoms with Gasteiger partial charge in [-0.2, -0.15) is 18.4 Å². The lowest BCUT2D eigenvalue weighted by Crippen LogP contribution is -2.45. The van der Waals surface area contributed by atoms with E-state index in [1.807, 2.05) is 18.0 Å². The summed E-state index contributed by atoms with van der Waals surface area (Å²) in [6, 6.07) is 9.55. The molecule has 0 saturated heterocycles. The predicted molar refractivity (Wildman–Crippen MR) is 107 cm³/mol. The number of rotatable bonds is 2. The highest BCUT2D eigenvalue weighted by Crippen LogP contribution is 2.43. The van der Waals surface area contributed by atoms with Crippen molar-refractivity contribution in [3.63, 3.8) is 0 Å². The average molecular weight is 402 g/mol. The van der Waals surface area contributed by atoms with Crippen LogP contribution < -0.4 is 4.90 Å². The van der Waals surface area contributed by atoms with Crippen molar-refractivity contribution in [3.05, 3.63) is 64.5 Å². The van der Waals surface area contributed by atoms with Crippen LogP contribution in [0.1, 0.15) is 55.4 Å². The number of nitrogens with zero attached hydrogens (tertiary/aromatic N) is 2. The highest BCUT2D eigenvalue weighted by Gasteiger charge is 2.35. The van der Waals surface area contributed by atoms with Crippen LogP contribution in [0.25, 0.3) is 11.6 Å². The Kier molecular flexibility index (Phi) is 5.20. The molecular formula is C23H22F4N2. The Morgan fingerprint density at radius 2 is 1.93 bits per heavy atom. The van der Waals surface area contributed by atoms with E-state index in [0.717, 1.165) is 29.8 Å². The predicted octanol–water partition coefficient (Wildman–Crippen LogP) is 6.63. The summed E-state index contributed by atoms with van der Waals surface area (Å²) < 4.78 is 53.8. The third-order valence-electron chi connectivity index (χ3n) is 5.67. The minimum Gasteiger partial charge on any atom is -0.369 e. The van der Waals surface area contributed by atoms with Gasteiger partial charge >= 0.3 is 6.18 Å². The van der Waals surface area contributed by atoms with E-state index >= 15 is 0 Å². The summed E-state index contributed by atoms with van der Waals surface area (Å²) in [7, 11) is 1.92. The van der Waals surface area contributed by atoms with Crippen LogP contribution in [-0.2, 0) is 6.18 Å². The van der Waals surface area contributed by atoms with Crippen molar-refractivity contribution in [2.45, 2.75) is 44.8 Å². The molecule has 0 spiro atoms. The fourth-order valence-electron chi connectivity index (χ4n) is 3.91. The SMILES string of the molecule is CC1CC(C)(C)N(C)c2cc(F)c(/C=C(\C#N)c3cccc(C(F)(F)F)c3)cc21. The van der Waals surface area contributed by atoms with Crippen molar-refractivity contribution in [3.8, 4) is 6.07 Å². The molecule has 0 radical (unpaired) electrons. The molecule has 152 valence electrons. The molecule has 0 N–H and O–H groups in total. The normalized spacial score (nSPS) is 18.9. The summed E-state index contributed by atoms with van der Waals surface area (Å²) >= 11 is 0. The first-order valence-electron chi connectivity index (χ1n) is 9.31. The van der Waals surface area contributed by atoms with Gasteiger partial charge in [0.2, 0.25) is 0 Å². The quantitative estimate of drug-likeness (QED) is 0.320. The summed E-state index contributed by atoms with van der Waals surface area (Å²) in [6.45, 7) is 6.26. The zero-order valence-corrected chi connectivity index (χ0v) is 16.7. The van der Waals surface area contributed by atoms with Crippen LogP contribution in [0.5, 0.6) is 0 Å². The van der Waals surface area contributed by atoms with E-state index < -0.39 is 17.6 Å². The molecule has 0 bridgehead atoms. The number of nitriles is 1. The maximum atomic E-state index is 14.9. The zero-order valence-electron chi connectivity index (χ0n) is 16.7. The van der Waals surface area contributed by atoms with Crippen LogP contribution in [-0.4, -0.2) is 12.6 Å². The number of alkyl halides is 3. The monoisotopic (exact) mass is 402 g/mol. The molecule has 3 rings (SSSR count). The van der Waals surface area contributed by atoms with Crippen LogP contribution >= 0.6 is 0 Å². The number of allylic oxidation sites excluding steroid dienone is 1. The van der Waals surface area contributed by atoms with Gasteiger partial charge in [0.25, 0.3) is 0 Å². The largest absolute Gasteiger partial charge is 0.416 e. The van der Waals surface area contributed by atoms with Gasteiger partial charge in [-0.15, -0.1) is 0 Å². The fraction of sp³-hybridized carbons (Fsp3) is 0.348. The lowest BCUT2D eigenvalue weighted by Gasteiger charge is -2.45. The van der Waals surface area contributed by atoms with Gasteiger partial charge in [0, 0.05) is 23.8 Å². The first-order chi connectivity index (χ1) is 13.4. The Morgan fingerprint density at radius 3 is 2.55 bits per heavy atom. The van der Waals surface area contributed by atoms with Crippen molar-refractivity contribution in [1.29, 1.82) is 5.26 Å². The van der Waals surface area contributed by atoms with Crippen molar-refractivity contribution in [1.82, 2.24) is 0 Å². The number of fused-ring (bicyclic) bond motifs is 1. The van der Waals surface area contributed by atoms with Crippen molar-refractivity contribution < 1.29 is 17.6 Å². The van der Waals surface area contributed by atoms with E-state index in [4.69, 9.17) is 0 Å². The number of benzene rings is 2. The molecule has 6 heteroatoms. The molecule has 29 heavy (non-hydrogen) atoms. The fourth-order valence-corrected chi connectivity index (χ4v) is 3.91. The number of anilines is 1. The summed E-state index contributed by atoms with van der Waals surface area (Å²) in [5.74, 6) is -0.330. The first-order valence-corrected chi connectivity index (χ1v) is 9.31. The molecule has 1 heterocycles. The highest BCUT2D eigenvalue weighted by atomic mass is 19.4. The molecular weight excluding hydrogens is 380 g/mol. The summed E-state index contributed by atoms with van der Waals surface area (Å²) in [5.41, 5.74) is 1.06. The zero-order chi connectivity index (χ0) is 21.6. The van der Waals surface area contributed by atoms with Gasteiger partial charge in [0.05, 0.1) is 17.2 Å². The van der Waals surface area contributed by atoms with Crippen LogP contribution in [0, 0.1) is 17.1 Å². The molecule has 2 nitrogen and oxygen atoms in total. The smallest absolute Gasteiger partial charge is 0.369 e. The third-order valence-corrected chi connectivity index (χ3v) is 5.67. The van der Waals surface area contributed by atoms with Gasteiger partial charge in [-0.05, 0) is 67.7 Å². The Bertz CT molecular complexity index is 1010. The lowest BCUT2D eigenvalue weighted by atomic mass is 9.80. The van der Waals surface area contributed by atoms with E-state index in [-0.39, 0.29) is 28.2 Å². The average Bonchev–Trinajstić information content (AvgIpc) is 2.64. The van der Waals surface area contributed by atoms with E-state index in [0.29, 0.717) is 0 Å². The van der Waals surface area contributed by atoms with Crippen LogP contribution in [0.2, 0.25) is 0 Å². The van der Waals surface area contributed by atoms with Gasteiger partial charge in [0.1, 0.15) is 5.82 Å². The Morgan fingerprint density at radius 1 is 1.24 bits per heavy atom. The van der Waals surface area contributed by atoms with E-state index in [2.05, 4.69) is 20.8 Å². The molecule has 0 saturated carbocycles. The molecule has 0 amide bonds. The van der Waals surface area contributed by atoms with E-state index in [9.17, 15) is 22.8 Å². The minimum atomic E-state index is -4.51. The summed E-state index contributed by atoms with van der Waals surface area (Å²) in [6.07, 6.45) is -2.32. The Hall–Kier alpha value is -2.81. The van der Waals surface area contributed by atoms with Crippen LogP contribution in [0.4, 0.5) is 23.2 Å². The lowest BCUT2D eigenvalue weighted by molar-refractivity contribution is -0.137. The minimum absolute atomic E-state index is 0.0212. The number of hydrogen-bond donors (Lipinski definition) is 0. The Balaban J connectivity index is 2.09. The van der Waals surface area contributed by atoms with E-state index in [1.165, 1.54) is 24.3 Å². The molecule has 2 aromatic carbocycles. The third kappa shape index (κ3) is 4.00. The Labute approximate surface area is 168 Å². The standard InChI is InChI=1S/C23H22F4N2/c1-14-12-22(2,3)29(4)21-11-20(24)16(10-19(14)21)8-17(13-28)15-6-5-7-18(9-15)23(25,26)27/h5-11,14H,12H2,1-4H3/b17-8+. The number of halogens is 4. The maximum absolute atomic E-state index is 14.9. The number of hydrogen-bond acceptors (Lipinski definition) is 2. The summed E-state index contributed by atoms with van der Waals surface area (Å²) in [5, 5.41) is 9.50. The van der Waals surface area contributed by atoms with Gasteiger partial charge < -0.3 is 4.90 Å². The molecule has 1 aliphatic heterocycles. The molecule has 1 atom stereocenters. The van der Waals surface area contributed by atoms with Gasteiger partial charge in [-0.1, -0.05) is 19.1 Å². The second kappa shape index (κ2) is 7.22. The highest BCUT2D eigenvalue weighted by molar-refractivity contribution is 5.90. The second-order valence-corrected chi connectivity index (χ2v) is 8.16.